The lowest BCUT2D eigenvalue weighted by Gasteiger charge is -2.11. The molecule has 2 aromatic carbocycles. The SMILES string of the molecule is C=CCn1c(COc2ccccc2C)nnc1SCC(=O)Nc1ccc(Br)cc1F. The van der Waals surface area contributed by atoms with Crippen molar-refractivity contribution in [2.24, 2.45) is 0 Å². The number of anilines is 1. The minimum atomic E-state index is -0.506. The number of aryl methyl sites for hydroxylation is 1. The van der Waals surface area contributed by atoms with Gasteiger partial charge in [-0.05, 0) is 36.8 Å². The molecule has 0 saturated carbocycles. The van der Waals surface area contributed by atoms with E-state index in [0.717, 1.165) is 11.3 Å². The molecule has 156 valence electrons. The van der Waals surface area contributed by atoms with Crippen LogP contribution < -0.4 is 10.1 Å². The van der Waals surface area contributed by atoms with Gasteiger partial charge in [0.15, 0.2) is 11.0 Å². The van der Waals surface area contributed by atoms with Crippen molar-refractivity contribution in [1.29, 1.82) is 0 Å². The van der Waals surface area contributed by atoms with Crippen molar-refractivity contribution >= 4 is 39.3 Å². The van der Waals surface area contributed by atoms with E-state index in [4.69, 9.17) is 4.74 Å². The Bertz CT molecular complexity index is 1060. The monoisotopic (exact) mass is 490 g/mol. The second-order valence-corrected chi connectivity index (χ2v) is 8.17. The van der Waals surface area contributed by atoms with Crippen LogP contribution in [0.3, 0.4) is 0 Å². The summed E-state index contributed by atoms with van der Waals surface area (Å²) in [5.74, 6) is 0.611. The minimum Gasteiger partial charge on any atom is -0.485 e. The molecule has 0 radical (unpaired) electrons. The Balaban J connectivity index is 1.63. The predicted molar refractivity (Wildman–Crippen MR) is 119 cm³/mol. The third-order valence-electron chi connectivity index (χ3n) is 4.09. The summed E-state index contributed by atoms with van der Waals surface area (Å²) in [6, 6.07) is 12.2. The first-order valence-corrected chi connectivity index (χ1v) is 10.8. The number of hydrogen-bond donors (Lipinski definition) is 1. The number of benzene rings is 2. The van der Waals surface area contributed by atoms with Crippen LogP contribution >= 0.6 is 27.7 Å². The molecule has 0 fully saturated rings. The van der Waals surface area contributed by atoms with Crippen LogP contribution in [0.25, 0.3) is 0 Å². The zero-order chi connectivity index (χ0) is 21.5. The van der Waals surface area contributed by atoms with Crippen LogP contribution in [0, 0.1) is 12.7 Å². The van der Waals surface area contributed by atoms with Crippen LogP contribution in [-0.2, 0) is 17.9 Å². The molecule has 3 rings (SSSR count). The molecule has 0 bridgehead atoms. The van der Waals surface area contributed by atoms with E-state index >= 15 is 0 Å². The van der Waals surface area contributed by atoms with Crippen LogP contribution in [0.1, 0.15) is 11.4 Å². The number of carbonyl (C=O) groups is 1. The molecule has 0 aliphatic rings. The number of thioether (sulfide) groups is 1. The normalized spacial score (nSPS) is 10.6. The number of para-hydroxylation sites is 1. The van der Waals surface area contributed by atoms with Crippen LogP contribution in [0.4, 0.5) is 10.1 Å². The second kappa shape index (κ2) is 10.4. The highest BCUT2D eigenvalue weighted by Gasteiger charge is 2.15. The van der Waals surface area contributed by atoms with Crippen molar-refractivity contribution in [2.75, 3.05) is 11.1 Å². The average molecular weight is 491 g/mol. The first kappa shape index (κ1) is 22.0. The summed E-state index contributed by atoms with van der Waals surface area (Å²) in [6.45, 7) is 6.45. The summed E-state index contributed by atoms with van der Waals surface area (Å²) in [6.07, 6.45) is 1.72. The Morgan fingerprint density at radius 3 is 2.87 bits per heavy atom. The van der Waals surface area contributed by atoms with Gasteiger partial charge in [-0.25, -0.2) is 4.39 Å². The Labute approximate surface area is 186 Å². The van der Waals surface area contributed by atoms with Crippen LogP contribution in [0.15, 0.2) is 64.7 Å². The number of nitrogens with one attached hydrogen (secondary N) is 1. The molecular formula is C21H20BrFN4O2S. The molecule has 1 aromatic heterocycles. The minimum absolute atomic E-state index is 0.0590. The third-order valence-corrected chi connectivity index (χ3v) is 5.55. The molecule has 0 aliphatic heterocycles. The van der Waals surface area contributed by atoms with Crippen molar-refractivity contribution in [2.45, 2.75) is 25.2 Å². The Morgan fingerprint density at radius 2 is 2.13 bits per heavy atom. The molecule has 0 atom stereocenters. The van der Waals surface area contributed by atoms with Crippen LogP contribution in [-0.4, -0.2) is 26.4 Å². The molecule has 0 aliphatic carbocycles. The maximum atomic E-state index is 13.9. The quantitative estimate of drug-likeness (QED) is 0.338. The molecule has 30 heavy (non-hydrogen) atoms. The van der Waals surface area contributed by atoms with Crippen molar-refractivity contribution in [3.63, 3.8) is 0 Å². The van der Waals surface area contributed by atoms with Gasteiger partial charge in [0.2, 0.25) is 5.91 Å². The zero-order valence-corrected chi connectivity index (χ0v) is 18.7. The van der Waals surface area contributed by atoms with Gasteiger partial charge in [-0.15, -0.1) is 16.8 Å². The summed E-state index contributed by atoms with van der Waals surface area (Å²) < 4.78 is 22.2. The highest BCUT2D eigenvalue weighted by Crippen LogP contribution is 2.22. The number of hydrogen-bond acceptors (Lipinski definition) is 5. The highest BCUT2D eigenvalue weighted by molar-refractivity contribution is 9.10. The summed E-state index contributed by atoms with van der Waals surface area (Å²) in [7, 11) is 0. The molecule has 6 nitrogen and oxygen atoms in total. The standard InChI is InChI=1S/C21H20BrFN4O2S/c1-3-10-27-19(12-29-18-7-5-4-6-14(18)2)25-26-21(27)30-13-20(28)24-17-9-8-15(22)11-16(17)23/h3-9,11H,1,10,12-13H2,2H3,(H,24,28). The lowest BCUT2D eigenvalue weighted by atomic mass is 10.2. The van der Waals surface area contributed by atoms with Crippen molar-refractivity contribution in [3.05, 3.63) is 76.8 Å². The van der Waals surface area contributed by atoms with Gasteiger partial charge >= 0.3 is 0 Å². The summed E-state index contributed by atoms with van der Waals surface area (Å²) in [5, 5.41) is 11.5. The molecule has 0 spiro atoms. The Hall–Kier alpha value is -2.65. The molecule has 1 N–H and O–H groups in total. The zero-order valence-electron chi connectivity index (χ0n) is 16.3. The van der Waals surface area contributed by atoms with E-state index < -0.39 is 5.82 Å². The average Bonchev–Trinajstić information content (AvgIpc) is 3.10. The van der Waals surface area contributed by atoms with Gasteiger partial charge in [0.05, 0.1) is 11.4 Å². The first-order chi connectivity index (χ1) is 14.5. The molecule has 3 aromatic rings. The molecule has 1 heterocycles. The fraction of sp³-hybridized carbons (Fsp3) is 0.190. The van der Waals surface area contributed by atoms with Crippen molar-refractivity contribution < 1.29 is 13.9 Å². The van der Waals surface area contributed by atoms with Gasteiger partial charge in [0.25, 0.3) is 0 Å². The molecule has 9 heteroatoms. The molecular weight excluding hydrogens is 471 g/mol. The number of halogens is 2. The van der Waals surface area contributed by atoms with Gasteiger partial charge in [0.1, 0.15) is 18.2 Å². The van der Waals surface area contributed by atoms with E-state index in [-0.39, 0.29) is 24.0 Å². The van der Waals surface area contributed by atoms with Gasteiger partial charge in [-0.1, -0.05) is 52.0 Å². The summed E-state index contributed by atoms with van der Waals surface area (Å²) in [5.41, 5.74) is 1.16. The van der Waals surface area contributed by atoms with Crippen LogP contribution in [0.5, 0.6) is 5.75 Å². The lowest BCUT2D eigenvalue weighted by Crippen LogP contribution is -2.16. The van der Waals surface area contributed by atoms with Gasteiger partial charge in [-0.3, -0.25) is 9.36 Å². The molecule has 0 saturated heterocycles. The number of rotatable bonds is 9. The first-order valence-electron chi connectivity index (χ1n) is 9.07. The molecule has 1 amide bonds. The van der Waals surface area contributed by atoms with E-state index in [1.807, 2.05) is 35.8 Å². The van der Waals surface area contributed by atoms with E-state index in [9.17, 15) is 9.18 Å². The predicted octanol–water partition coefficient (Wildman–Crippen LogP) is 4.98. The fourth-order valence-electron chi connectivity index (χ4n) is 2.61. The van der Waals surface area contributed by atoms with E-state index in [0.29, 0.717) is 22.0 Å². The maximum Gasteiger partial charge on any atom is 0.234 e. The highest BCUT2D eigenvalue weighted by atomic mass is 79.9. The summed E-state index contributed by atoms with van der Waals surface area (Å²) in [4.78, 5) is 12.2. The van der Waals surface area contributed by atoms with Crippen molar-refractivity contribution in [1.82, 2.24) is 14.8 Å². The second-order valence-electron chi connectivity index (χ2n) is 6.31. The fourth-order valence-corrected chi connectivity index (χ4v) is 3.71. The Morgan fingerprint density at radius 1 is 1.33 bits per heavy atom. The summed E-state index contributed by atoms with van der Waals surface area (Å²) >= 11 is 4.40. The van der Waals surface area contributed by atoms with Crippen LogP contribution in [0.2, 0.25) is 0 Å². The van der Waals surface area contributed by atoms with Gasteiger partial charge < -0.3 is 10.1 Å². The van der Waals surface area contributed by atoms with E-state index in [2.05, 4.69) is 38.0 Å². The number of carbonyl (C=O) groups excluding carboxylic acids is 1. The number of nitrogens with zero attached hydrogens (tertiary/aromatic N) is 3. The maximum absolute atomic E-state index is 13.9. The number of allylic oxidation sites excluding steroid dienone is 1. The van der Waals surface area contributed by atoms with Crippen molar-refractivity contribution in [3.8, 4) is 5.75 Å². The Kier molecular flexibility index (Phi) is 7.64. The number of amides is 1. The van der Waals surface area contributed by atoms with Gasteiger partial charge in [-0.2, -0.15) is 0 Å². The number of ether oxygens (including phenoxy) is 1. The third kappa shape index (κ3) is 5.70. The smallest absolute Gasteiger partial charge is 0.234 e. The molecule has 0 unspecified atom stereocenters. The van der Waals surface area contributed by atoms with Gasteiger partial charge in [0, 0.05) is 11.0 Å². The largest absolute Gasteiger partial charge is 0.485 e. The topological polar surface area (TPSA) is 69.0 Å². The van der Waals surface area contributed by atoms with E-state index in [1.54, 1.807) is 12.1 Å². The lowest BCUT2D eigenvalue weighted by molar-refractivity contribution is -0.113. The van der Waals surface area contributed by atoms with E-state index in [1.165, 1.54) is 23.9 Å². The number of aromatic nitrogens is 3.